The second kappa shape index (κ2) is 8.07. The van der Waals surface area contributed by atoms with Gasteiger partial charge in [0.05, 0.1) is 6.42 Å². The first kappa shape index (κ1) is 19.5. The quantitative estimate of drug-likeness (QED) is 0.751. The average molecular weight is 348 g/mol. The monoisotopic (exact) mass is 348 g/mol. The van der Waals surface area contributed by atoms with E-state index in [2.05, 4.69) is 13.8 Å². The van der Waals surface area contributed by atoms with Gasteiger partial charge in [-0.2, -0.15) is 13.2 Å². The van der Waals surface area contributed by atoms with E-state index in [1.165, 1.54) is 0 Å². The Bertz CT molecular complexity index is 417. The molecule has 1 aliphatic carbocycles. The van der Waals surface area contributed by atoms with Crippen LogP contribution in [0.4, 0.5) is 13.2 Å². The third kappa shape index (κ3) is 5.36. The molecule has 3 nitrogen and oxygen atoms in total. The Kier molecular flexibility index (Phi) is 6.57. The molecule has 1 unspecified atom stereocenters. The summed E-state index contributed by atoms with van der Waals surface area (Å²) in [4.78, 5) is 16.4. The van der Waals surface area contributed by atoms with Crippen molar-refractivity contribution in [2.24, 2.45) is 17.8 Å². The summed E-state index contributed by atoms with van der Waals surface area (Å²) in [5, 5.41) is 0. The molecule has 140 valence electrons. The van der Waals surface area contributed by atoms with E-state index >= 15 is 0 Å². The second-order valence-corrected chi connectivity index (χ2v) is 7.91. The molecule has 2 fully saturated rings. The Labute approximate surface area is 143 Å². The van der Waals surface area contributed by atoms with E-state index in [-0.39, 0.29) is 24.4 Å². The highest BCUT2D eigenvalue weighted by molar-refractivity contribution is 5.79. The van der Waals surface area contributed by atoms with Crippen LogP contribution in [0, 0.1) is 17.8 Å². The van der Waals surface area contributed by atoms with Gasteiger partial charge in [-0.15, -0.1) is 0 Å². The van der Waals surface area contributed by atoms with Gasteiger partial charge in [-0.1, -0.05) is 13.8 Å². The van der Waals surface area contributed by atoms with Gasteiger partial charge in [-0.05, 0) is 43.9 Å². The number of carbonyl (C=O) groups is 1. The summed E-state index contributed by atoms with van der Waals surface area (Å²) >= 11 is 0. The molecule has 0 radical (unpaired) electrons. The van der Waals surface area contributed by atoms with Crippen LogP contribution in [0.15, 0.2) is 0 Å². The van der Waals surface area contributed by atoms with E-state index in [0.717, 1.165) is 38.0 Å². The zero-order valence-electron chi connectivity index (χ0n) is 15.1. The number of hydrogen-bond acceptors (Lipinski definition) is 2. The molecule has 1 saturated heterocycles. The highest BCUT2D eigenvalue weighted by Crippen LogP contribution is 2.34. The molecule has 1 saturated carbocycles. The van der Waals surface area contributed by atoms with E-state index in [4.69, 9.17) is 0 Å². The van der Waals surface area contributed by atoms with Crippen molar-refractivity contribution >= 4 is 5.91 Å². The van der Waals surface area contributed by atoms with E-state index in [9.17, 15) is 18.0 Å². The summed E-state index contributed by atoms with van der Waals surface area (Å²) in [5.41, 5.74) is 0. The SMILES string of the molecule is CC(C)C1CCC(C(=O)N(C)C2CCN(CCC(F)(F)F)C2)CC1. The smallest absolute Gasteiger partial charge is 0.341 e. The minimum absolute atomic E-state index is 0.0432. The van der Waals surface area contributed by atoms with Crippen molar-refractivity contribution < 1.29 is 18.0 Å². The third-order valence-corrected chi connectivity index (χ3v) is 5.92. The number of rotatable bonds is 5. The van der Waals surface area contributed by atoms with E-state index in [0.29, 0.717) is 19.0 Å². The molecule has 2 aliphatic rings. The summed E-state index contributed by atoms with van der Waals surface area (Å²) in [6.45, 7) is 5.75. The maximum atomic E-state index is 12.7. The zero-order chi connectivity index (χ0) is 17.9. The van der Waals surface area contributed by atoms with Crippen molar-refractivity contribution in [2.75, 3.05) is 26.7 Å². The second-order valence-electron chi connectivity index (χ2n) is 7.91. The van der Waals surface area contributed by atoms with Crippen LogP contribution >= 0.6 is 0 Å². The van der Waals surface area contributed by atoms with E-state index in [1.807, 2.05) is 16.8 Å². The van der Waals surface area contributed by atoms with Gasteiger partial charge >= 0.3 is 6.18 Å². The number of likely N-dealkylation sites (tertiary alicyclic amines) is 1. The molecule has 2 rings (SSSR count). The molecule has 0 aromatic carbocycles. The summed E-state index contributed by atoms with van der Waals surface area (Å²) in [5.74, 6) is 1.70. The van der Waals surface area contributed by atoms with Crippen LogP contribution in [-0.2, 0) is 4.79 Å². The van der Waals surface area contributed by atoms with Gasteiger partial charge in [0.2, 0.25) is 5.91 Å². The molecule has 0 aromatic rings. The number of nitrogens with zero attached hydrogens (tertiary/aromatic N) is 2. The number of carbonyl (C=O) groups excluding carboxylic acids is 1. The van der Waals surface area contributed by atoms with Crippen LogP contribution in [0.5, 0.6) is 0 Å². The van der Waals surface area contributed by atoms with Crippen molar-refractivity contribution in [3.8, 4) is 0 Å². The molecule has 6 heteroatoms. The summed E-state index contributed by atoms with van der Waals surface area (Å²) in [6, 6.07) is 0.0635. The van der Waals surface area contributed by atoms with E-state index in [1.54, 1.807) is 0 Å². The fourth-order valence-corrected chi connectivity index (χ4v) is 4.12. The van der Waals surface area contributed by atoms with Crippen LogP contribution in [0.1, 0.15) is 52.4 Å². The summed E-state index contributed by atoms with van der Waals surface area (Å²) in [6.07, 6.45) is 0.0501. The molecule has 0 aromatic heterocycles. The molecule has 0 bridgehead atoms. The lowest BCUT2D eigenvalue weighted by atomic mass is 9.76. The van der Waals surface area contributed by atoms with Crippen molar-refractivity contribution in [2.45, 2.75) is 64.6 Å². The Morgan fingerprint density at radius 1 is 1.17 bits per heavy atom. The van der Waals surface area contributed by atoms with Crippen molar-refractivity contribution in [1.29, 1.82) is 0 Å². The lowest BCUT2D eigenvalue weighted by molar-refractivity contribution is -0.139. The lowest BCUT2D eigenvalue weighted by Gasteiger charge is -2.34. The lowest BCUT2D eigenvalue weighted by Crippen LogP contribution is -2.43. The summed E-state index contributed by atoms with van der Waals surface area (Å²) < 4.78 is 37.0. The zero-order valence-corrected chi connectivity index (χ0v) is 15.1. The first-order valence-electron chi connectivity index (χ1n) is 9.23. The van der Waals surface area contributed by atoms with Crippen LogP contribution in [0.25, 0.3) is 0 Å². The Morgan fingerprint density at radius 3 is 2.33 bits per heavy atom. The van der Waals surface area contributed by atoms with Gasteiger partial charge in [-0.25, -0.2) is 0 Å². The van der Waals surface area contributed by atoms with Gasteiger partial charge in [0.25, 0.3) is 0 Å². The van der Waals surface area contributed by atoms with Crippen molar-refractivity contribution in [1.82, 2.24) is 9.80 Å². The number of halogens is 3. The number of alkyl halides is 3. The Morgan fingerprint density at radius 2 is 1.79 bits per heavy atom. The van der Waals surface area contributed by atoms with E-state index < -0.39 is 12.6 Å². The molecule has 24 heavy (non-hydrogen) atoms. The van der Waals surface area contributed by atoms with Gasteiger partial charge in [-0.3, -0.25) is 4.79 Å². The van der Waals surface area contributed by atoms with Gasteiger partial charge in [0, 0.05) is 38.6 Å². The normalized spacial score (nSPS) is 29.2. The highest BCUT2D eigenvalue weighted by Gasteiger charge is 2.35. The standard InChI is InChI=1S/C18H31F3N2O/c1-13(2)14-4-6-15(7-5-14)17(24)22(3)16-8-10-23(12-16)11-9-18(19,20)21/h13-16H,4-12H2,1-3H3. The van der Waals surface area contributed by atoms with Gasteiger partial charge < -0.3 is 9.80 Å². The highest BCUT2D eigenvalue weighted by atomic mass is 19.4. The Hall–Kier alpha value is -0.780. The Balaban J connectivity index is 1.78. The largest absolute Gasteiger partial charge is 0.390 e. The fraction of sp³-hybridized carbons (Fsp3) is 0.944. The minimum Gasteiger partial charge on any atom is -0.341 e. The number of amides is 1. The third-order valence-electron chi connectivity index (χ3n) is 5.92. The molecule has 1 aliphatic heterocycles. The first-order valence-corrected chi connectivity index (χ1v) is 9.23. The maximum absolute atomic E-state index is 12.7. The topological polar surface area (TPSA) is 23.6 Å². The molecule has 1 heterocycles. The van der Waals surface area contributed by atoms with Crippen molar-refractivity contribution in [3.63, 3.8) is 0 Å². The van der Waals surface area contributed by atoms with Crippen molar-refractivity contribution in [3.05, 3.63) is 0 Å². The van der Waals surface area contributed by atoms with Crippen LogP contribution in [0.3, 0.4) is 0 Å². The van der Waals surface area contributed by atoms with Crippen LogP contribution in [0.2, 0.25) is 0 Å². The average Bonchev–Trinajstić information content (AvgIpc) is 3.00. The van der Waals surface area contributed by atoms with Gasteiger partial charge in [0.1, 0.15) is 0 Å². The van der Waals surface area contributed by atoms with Crippen LogP contribution in [-0.4, -0.2) is 54.6 Å². The minimum atomic E-state index is -4.10. The van der Waals surface area contributed by atoms with Crippen LogP contribution < -0.4 is 0 Å². The predicted molar refractivity (Wildman–Crippen MR) is 88.6 cm³/mol. The summed E-state index contributed by atoms with van der Waals surface area (Å²) in [7, 11) is 1.83. The number of likely N-dealkylation sites (N-methyl/N-ethyl adjacent to an activating group) is 1. The molecule has 0 spiro atoms. The fourth-order valence-electron chi connectivity index (χ4n) is 4.12. The number of hydrogen-bond donors (Lipinski definition) is 0. The molecular formula is C18H31F3N2O. The maximum Gasteiger partial charge on any atom is 0.390 e. The molecule has 0 N–H and O–H groups in total. The first-order chi connectivity index (χ1) is 11.2. The molecular weight excluding hydrogens is 317 g/mol. The predicted octanol–water partition coefficient (Wildman–Crippen LogP) is 3.93. The van der Waals surface area contributed by atoms with Gasteiger partial charge in [0.15, 0.2) is 0 Å². The molecule has 1 atom stereocenters. The molecule has 1 amide bonds.